The van der Waals surface area contributed by atoms with Crippen LogP contribution in [-0.2, 0) is 9.59 Å². The zero-order valence-electron chi connectivity index (χ0n) is 18.6. The van der Waals surface area contributed by atoms with E-state index in [1.165, 1.54) is 0 Å². The van der Waals surface area contributed by atoms with Gasteiger partial charge in [-0.15, -0.1) is 0 Å². The van der Waals surface area contributed by atoms with E-state index >= 15 is 0 Å². The van der Waals surface area contributed by atoms with Gasteiger partial charge in [0.1, 0.15) is 0 Å². The molecule has 1 atom stereocenters. The molecule has 32 heavy (non-hydrogen) atoms. The Kier molecular flexibility index (Phi) is 6.87. The minimum Gasteiger partial charge on any atom is -0.343 e. The lowest BCUT2D eigenvalue weighted by atomic mass is 9.92. The summed E-state index contributed by atoms with van der Waals surface area (Å²) < 4.78 is 0. The molecule has 2 fully saturated rings. The van der Waals surface area contributed by atoms with Crippen LogP contribution in [-0.4, -0.2) is 70.9 Å². The zero-order valence-corrected chi connectivity index (χ0v) is 18.6. The van der Waals surface area contributed by atoms with Crippen molar-refractivity contribution in [2.24, 2.45) is 0 Å². The first-order valence-electron chi connectivity index (χ1n) is 11.5. The standard InChI is InChI=1S/C24H31N5O3/c1-27(19-9-3-2-4-10-19)24(32)20-16-25-26-23(20)18-8-5-15-29(17-18)22(31)12-7-14-28-13-6-11-21(28)30/h2-4,9-10,16,18H,5-8,11-15,17H2,1H3,(H,25,26). The van der Waals surface area contributed by atoms with Crippen LogP contribution in [0.1, 0.15) is 60.5 Å². The average molecular weight is 438 g/mol. The molecule has 8 heteroatoms. The minimum absolute atomic E-state index is 0.0542. The molecule has 1 aromatic carbocycles. The van der Waals surface area contributed by atoms with Gasteiger partial charge in [0.25, 0.3) is 5.91 Å². The largest absolute Gasteiger partial charge is 0.343 e. The topological polar surface area (TPSA) is 89.6 Å². The molecule has 0 bridgehead atoms. The molecule has 0 radical (unpaired) electrons. The van der Waals surface area contributed by atoms with Crippen LogP contribution in [0.25, 0.3) is 0 Å². The minimum atomic E-state index is -0.112. The number of anilines is 1. The van der Waals surface area contributed by atoms with Crippen LogP contribution < -0.4 is 4.90 Å². The SMILES string of the molecule is CN(C(=O)c1cn[nH]c1C1CCCN(C(=O)CCCN2CCCC2=O)C1)c1ccccc1. The van der Waals surface area contributed by atoms with Crippen molar-refractivity contribution in [2.75, 3.05) is 38.1 Å². The number of hydrogen-bond donors (Lipinski definition) is 1. The molecular weight excluding hydrogens is 406 g/mol. The van der Waals surface area contributed by atoms with Crippen LogP contribution in [0, 0.1) is 0 Å². The summed E-state index contributed by atoms with van der Waals surface area (Å²) in [5.41, 5.74) is 2.18. The third-order valence-electron chi connectivity index (χ3n) is 6.52. The van der Waals surface area contributed by atoms with E-state index in [1.54, 1.807) is 18.1 Å². The van der Waals surface area contributed by atoms with Crippen LogP contribution in [0.4, 0.5) is 5.69 Å². The van der Waals surface area contributed by atoms with E-state index in [9.17, 15) is 14.4 Å². The molecule has 1 unspecified atom stereocenters. The Morgan fingerprint density at radius 3 is 2.75 bits per heavy atom. The van der Waals surface area contributed by atoms with E-state index in [-0.39, 0.29) is 23.6 Å². The first kappa shape index (κ1) is 22.0. The van der Waals surface area contributed by atoms with Gasteiger partial charge in [-0.1, -0.05) is 18.2 Å². The van der Waals surface area contributed by atoms with E-state index in [0.717, 1.165) is 43.7 Å². The molecule has 0 spiro atoms. The fraction of sp³-hybridized carbons (Fsp3) is 0.500. The lowest BCUT2D eigenvalue weighted by Crippen LogP contribution is -2.40. The van der Waals surface area contributed by atoms with Gasteiger partial charge in [0.05, 0.1) is 17.5 Å². The van der Waals surface area contributed by atoms with Gasteiger partial charge in [-0.25, -0.2) is 0 Å². The van der Waals surface area contributed by atoms with Crippen molar-refractivity contribution < 1.29 is 14.4 Å². The average Bonchev–Trinajstić information content (AvgIpc) is 3.48. The molecular formula is C24H31N5O3. The van der Waals surface area contributed by atoms with E-state index in [1.807, 2.05) is 40.1 Å². The van der Waals surface area contributed by atoms with E-state index in [0.29, 0.717) is 37.9 Å². The Morgan fingerprint density at radius 1 is 1.19 bits per heavy atom. The number of aromatic nitrogens is 2. The number of piperidine rings is 1. The maximum Gasteiger partial charge on any atom is 0.261 e. The van der Waals surface area contributed by atoms with Crippen molar-refractivity contribution in [3.05, 3.63) is 47.8 Å². The summed E-state index contributed by atoms with van der Waals surface area (Å²) in [5, 5.41) is 7.18. The Balaban J connectivity index is 1.36. The monoisotopic (exact) mass is 437 g/mol. The Hall–Kier alpha value is -3.16. The highest BCUT2D eigenvalue weighted by Crippen LogP contribution is 2.29. The fourth-order valence-corrected chi connectivity index (χ4v) is 4.69. The second-order valence-corrected chi connectivity index (χ2v) is 8.66. The smallest absolute Gasteiger partial charge is 0.261 e. The fourth-order valence-electron chi connectivity index (χ4n) is 4.69. The van der Waals surface area contributed by atoms with Gasteiger partial charge >= 0.3 is 0 Å². The molecule has 2 aliphatic heterocycles. The number of amides is 3. The van der Waals surface area contributed by atoms with Crippen molar-refractivity contribution >= 4 is 23.4 Å². The van der Waals surface area contributed by atoms with E-state index in [4.69, 9.17) is 0 Å². The number of likely N-dealkylation sites (tertiary alicyclic amines) is 2. The van der Waals surface area contributed by atoms with Crippen LogP contribution in [0.2, 0.25) is 0 Å². The number of carbonyl (C=O) groups is 3. The zero-order chi connectivity index (χ0) is 22.5. The van der Waals surface area contributed by atoms with Crippen molar-refractivity contribution in [1.82, 2.24) is 20.0 Å². The quantitative estimate of drug-likeness (QED) is 0.721. The Labute approximate surface area is 188 Å². The highest BCUT2D eigenvalue weighted by molar-refractivity contribution is 6.06. The number of nitrogens with one attached hydrogen (secondary N) is 1. The van der Waals surface area contributed by atoms with Crippen LogP contribution in [0.15, 0.2) is 36.5 Å². The highest BCUT2D eigenvalue weighted by atomic mass is 16.2. The lowest BCUT2D eigenvalue weighted by Gasteiger charge is -2.33. The molecule has 4 rings (SSSR count). The number of aromatic amines is 1. The number of benzene rings is 1. The third kappa shape index (κ3) is 4.84. The molecule has 2 saturated heterocycles. The second-order valence-electron chi connectivity index (χ2n) is 8.66. The summed E-state index contributed by atoms with van der Waals surface area (Å²) in [4.78, 5) is 43.1. The van der Waals surface area contributed by atoms with Crippen molar-refractivity contribution in [3.8, 4) is 0 Å². The normalized spacial score (nSPS) is 18.8. The summed E-state index contributed by atoms with van der Waals surface area (Å²) in [7, 11) is 1.76. The highest BCUT2D eigenvalue weighted by Gasteiger charge is 2.30. The van der Waals surface area contributed by atoms with Crippen molar-refractivity contribution in [1.29, 1.82) is 0 Å². The van der Waals surface area contributed by atoms with Crippen molar-refractivity contribution in [3.63, 3.8) is 0 Å². The second kappa shape index (κ2) is 9.97. The molecule has 2 aliphatic rings. The third-order valence-corrected chi connectivity index (χ3v) is 6.52. The molecule has 3 heterocycles. The summed E-state index contributed by atoms with van der Waals surface area (Å²) in [6, 6.07) is 9.52. The molecule has 1 aromatic heterocycles. The number of para-hydroxylation sites is 1. The van der Waals surface area contributed by atoms with E-state index < -0.39 is 0 Å². The predicted octanol–water partition coefficient (Wildman–Crippen LogP) is 2.79. The maximum atomic E-state index is 13.1. The van der Waals surface area contributed by atoms with Gasteiger partial charge in [0.2, 0.25) is 11.8 Å². The van der Waals surface area contributed by atoms with Crippen LogP contribution in [0.5, 0.6) is 0 Å². The summed E-state index contributed by atoms with van der Waals surface area (Å²) >= 11 is 0. The lowest BCUT2D eigenvalue weighted by molar-refractivity contribution is -0.133. The van der Waals surface area contributed by atoms with Gasteiger partial charge in [-0.2, -0.15) is 5.10 Å². The Morgan fingerprint density at radius 2 is 2.00 bits per heavy atom. The molecule has 2 aromatic rings. The Bertz CT molecular complexity index is 958. The van der Waals surface area contributed by atoms with Gasteiger partial charge in [-0.3, -0.25) is 19.5 Å². The summed E-state index contributed by atoms with van der Waals surface area (Å²) in [5.74, 6) is 0.264. The number of nitrogens with zero attached hydrogens (tertiary/aromatic N) is 4. The summed E-state index contributed by atoms with van der Waals surface area (Å²) in [6.07, 6.45) is 6.08. The van der Waals surface area contributed by atoms with Gasteiger partial charge < -0.3 is 14.7 Å². The first-order chi connectivity index (χ1) is 15.5. The molecule has 1 N–H and O–H groups in total. The van der Waals surface area contributed by atoms with Crippen molar-refractivity contribution in [2.45, 2.75) is 44.4 Å². The van der Waals surface area contributed by atoms with Gasteiger partial charge in [-0.05, 0) is 37.8 Å². The molecule has 170 valence electrons. The van der Waals surface area contributed by atoms with E-state index in [2.05, 4.69) is 10.2 Å². The van der Waals surface area contributed by atoms with Gasteiger partial charge in [0, 0.05) is 57.7 Å². The predicted molar refractivity (Wildman–Crippen MR) is 121 cm³/mol. The first-order valence-corrected chi connectivity index (χ1v) is 11.5. The summed E-state index contributed by atoms with van der Waals surface area (Å²) in [6.45, 7) is 2.79. The van der Waals surface area contributed by atoms with Crippen LogP contribution in [0.3, 0.4) is 0 Å². The molecule has 0 aliphatic carbocycles. The maximum absolute atomic E-state index is 13.1. The molecule has 3 amide bonds. The van der Waals surface area contributed by atoms with Crippen LogP contribution >= 0.6 is 0 Å². The molecule has 8 nitrogen and oxygen atoms in total. The number of rotatable bonds is 7. The number of carbonyl (C=O) groups excluding carboxylic acids is 3. The number of H-pyrrole nitrogens is 1. The number of hydrogen-bond acceptors (Lipinski definition) is 4. The van der Waals surface area contributed by atoms with Gasteiger partial charge in [0.15, 0.2) is 0 Å². The molecule has 0 saturated carbocycles.